The van der Waals surface area contributed by atoms with Crippen LogP contribution < -0.4 is 14.8 Å². The van der Waals surface area contributed by atoms with Gasteiger partial charge in [0.05, 0.1) is 23.4 Å². The normalized spacial score (nSPS) is 19.1. The van der Waals surface area contributed by atoms with Crippen LogP contribution in [0.15, 0.2) is 42.5 Å². The van der Waals surface area contributed by atoms with Crippen molar-refractivity contribution in [3.8, 4) is 11.5 Å². The van der Waals surface area contributed by atoms with Crippen LogP contribution in [0.5, 0.6) is 11.5 Å². The van der Waals surface area contributed by atoms with E-state index in [1.807, 2.05) is 30.0 Å². The van der Waals surface area contributed by atoms with Gasteiger partial charge in [0.1, 0.15) is 23.7 Å². The van der Waals surface area contributed by atoms with Gasteiger partial charge in [-0.15, -0.1) is 0 Å². The molecule has 32 heavy (non-hydrogen) atoms. The minimum atomic E-state index is -1.02. The number of anilines is 1. The molecule has 4 rings (SSSR count). The van der Waals surface area contributed by atoms with Crippen LogP contribution in [0.1, 0.15) is 19.8 Å². The number of amides is 1. The minimum absolute atomic E-state index is 0.144. The lowest BCUT2D eigenvalue weighted by molar-refractivity contribution is -0.119. The number of β-amino-alcohol motifs (C(OH)–C–C–N with tert-alkyl or cyclic N) is 1. The number of aliphatic hydroxyl groups is 1. The number of fused-ring (bicyclic) bond motifs is 1. The van der Waals surface area contributed by atoms with Crippen LogP contribution in [0.25, 0.3) is 10.2 Å². The maximum Gasteiger partial charge on any atom is 0.240 e. The summed E-state index contributed by atoms with van der Waals surface area (Å²) in [5.74, 6) is 1.24. The molecule has 0 bridgehead atoms. The molecule has 170 valence electrons. The number of carbonyl (C=O) groups excluding carboxylic acids is 1. The van der Waals surface area contributed by atoms with E-state index >= 15 is 0 Å². The highest BCUT2D eigenvalue weighted by Gasteiger charge is 2.34. The van der Waals surface area contributed by atoms with Crippen LogP contribution in [0.4, 0.5) is 5.13 Å². The Labute approximate surface area is 195 Å². The Morgan fingerprint density at radius 3 is 2.94 bits per heavy atom. The number of halogens is 1. The van der Waals surface area contributed by atoms with Gasteiger partial charge in [0.15, 0.2) is 5.13 Å². The van der Waals surface area contributed by atoms with Gasteiger partial charge < -0.3 is 19.9 Å². The predicted octanol–water partition coefficient (Wildman–Crippen LogP) is 4.19. The summed E-state index contributed by atoms with van der Waals surface area (Å²) < 4.78 is 12.2. The molecular weight excluding hydrogens is 450 g/mol. The molecule has 9 heteroatoms. The summed E-state index contributed by atoms with van der Waals surface area (Å²) in [6.45, 7) is 3.96. The quantitative estimate of drug-likeness (QED) is 0.508. The van der Waals surface area contributed by atoms with Gasteiger partial charge in [0, 0.05) is 11.6 Å². The highest BCUT2D eigenvalue weighted by Crippen LogP contribution is 2.29. The Morgan fingerprint density at radius 1 is 1.28 bits per heavy atom. The van der Waals surface area contributed by atoms with Crippen molar-refractivity contribution in [3.05, 3.63) is 47.5 Å². The van der Waals surface area contributed by atoms with Crippen LogP contribution in [0.2, 0.25) is 5.02 Å². The number of rotatable bonds is 8. The summed E-state index contributed by atoms with van der Waals surface area (Å²) in [4.78, 5) is 19.0. The Hall–Kier alpha value is -2.39. The van der Waals surface area contributed by atoms with Gasteiger partial charge in [0.2, 0.25) is 5.91 Å². The zero-order valence-corrected chi connectivity index (χ0v) is 19.4. The highest BCUT2D eigenvalue weighted by molar-refractivity contribution is 7.22. The van der Waals surface area contributed by atoms with Gasteiger partial charge >= 0.3 is 0 Å². The molecular formula is C23H26ClN3O4S. The second kappa shape index (κ2) is 10.0. The number of nitrogens with zero attached hydrogens (tertiary/aromatic N) is 2. The number of nitrogens with one attached hydrogen (secondary N) is 1. The Bertz CT molecular complexity index is 1090. The van der Waals surface area contributed by atoms with Crippen molar-refractivity contribution in [1.29, 1.82) is 0 Å². The lowest BCUT2D eigenvalue weighted by Crippen LogP contribution is -2.53. The molecule has 1 unspecified atom stereocenters. The molecule has 1 atom stereocenters. The first-order chi connectivity index (χ1) is 15.4. The molecule has 1 aliphatic heterocycles. The first-order valence-corrected chi connectivity index (χ1v) is 11.8. The number of hydrogen-bond donors (Lipinski definition) is 2. The van der Waals surface area contributed by atoms with Gasteiger partial charge in [0.25, 0.3) is 0 Å². The fraction of sp³-hybridized carbons (Fsp3) is 0.391. The highest BCUT2D eigenvalue weighted by atomic mass is 35.5. The predicted molar refractivity (Wildman–Crippen MR) is 127 cm³/mol. The molecule has 2 N–H and O–H groups in total. The first-order valence-electron chi connectivity index (χ1n) is 10.6. The van der Waals surface area contributed by atoms with E-state index in [0.717, 1.165) is 28.9 Å². The average molecular weight is 476 g/mol. The number of likely N-dealkylation sites (tertiary alicyclic amines) is 1. The molecule has 3 aromatic rings. The van der Waals surface area contributed by atoms with E-state index < -0.39 is 5.60 Å². The van der Waals surface area contributed by atoms with Crippen molar-refractivity contribution in [3.63, 3.8) is 0 Å². The molecule has 2 heterocycles. The fourth-order valence-corrected chi connectivity index (χ4v) is 4.90. The number of hydrogen-bond acceptors (Lipinski definition) is 7. The third-order valence-electron chi connectivity index (χ3n) is 5.22. The number of benzene rings is 2. The second-order valence-electron chi connectivity index (χ2n) is 7.91. The number of piperidine rings is 1. The van der Waals surface area contributed by atoms with Gasteiger partial charge in [-0.3, -0.25) is 9.69 Å². The SMILES string of the molecule is CCOc1ccc2nc(NC(=O)CN3CCCC(O)(COc4cccc(Cl)c4)C3)sc2c1. The Balaban J connectivity index is 1.32. The summed E-state index contributed by atoms with van der Waals surface area (Å²) in [6.07, 6.45) is 1.40. The lowest BCUT2D eigenvalue weighted by Gasteiger charge is -2.38. The first kappa shape index (κ1) is 22.8. The molecule has 7 nitrogen and oxygen atoms in total. The van der Waals surface area contributed by atoms with E-state index in [2.05, 4.69) is 10.3 Å². The smallest absolute Gasteiger partial charge is 0.240 e. The largest absolute Gasteiger partial charge is 0.494 e. The van der Waals surface area contributed by atoms with Gasteiger partial charge in [-0.05, 0) is 62.7 Å². The summed E-state index contributed by atoms with van der Waals surface area (Å²) in [6, 6.07) is 12.8. The van der Waals surface area contributed by atoms with E-state index in [1.165, 1.54) is 11.3 Å². The van der Waals surface area contributed by atoms with E-state index in [4.69, 9.17) is 21.1 Å². The molecule has 1 aromatic heterocycles. The molecule has 1 aliphatic rings. The minimum Gasteiger partial charge on any atom is -0.494 e. The van der Waals surface area contributed by atoms with Crippen molar-refractivity contribution in [1.82, 2.24) is 9.88 Å². The number of ether oxygens (including phenoxy) is 2. The van der Waals surface area contributed by atoms with Crippen LogP contribution in [0.3, 0.4) is 0 Å². The van der Waals surface area contributed by atoms with E-state index in [1.54, 1.807) is 24.3 Å². The number of aromatic nitrogens is 1. The standard InChI is InChI=1S/C23H26ClN3O4S/c1-2-30-18-7-8-19-20(12-18)32-22(25-19)26-21(28)13-27-10-4-9-23(29,14-27)15-31-17-6-3-5-16(24)11-17/h3,5-8,11-12,29H,2,4,9-10,13-15H2,1H3,(H,25,26,28). The van der Waals surface area contributed by atoms with Gasteiger partial charge in [-0.1, -0.05) is 29.0 Å². The van der Waals surface area contributed by atoms with Gasteiger partial charge in [-0.2, -0.15) is 0 Å². The third kappa shape index (κ3) is 5.89. The number of carbonyl (C=O) groups is 1. The molecule has 2 aromatic carbocycles. The maximum absolute atomic E-state index is 12.6. The molecule has 1 fully saturated rings. The maximum atomic E-state index is 12.6. The molecule has 0 radical (unpaired) electrons. The molecule has 0 saturated carbocycles. The van der Waals surface area contributed by atoms with Crippen molar-refractivity contribution in [2.75, 3.05) is 38.2 Å². The van der Waals surface area contributed by atoms with Gasteiger partial charge in [-0.25, -0.2) is 4.98 Å². The third-order valence-corrected chi connectivity index (χ3v) is 6.39. The monoisotopic (exact) mass is 475 g/mol. The van der Waals surface area contributed by atoms with Crippen molar-refractivity contribution >= 4 is 44.2 Å². The molecule has 0 spiro atoms. The van der Waals surface area contributed by atoms with E-state index in [0.29, 0.717) is 35.5 Å². The molecule has 0 aliphatic carbocycles. The van der Waals surface area contributed by atoms with E-state index in [9.17, 15) is 9.90 Å². The Morgan fingerprint density at radius 2 is 2.12 bits per heavy atom. The van der Waals surface area contributed by atoms with Crippen LogP contribution in [-0.2, 0) is 4.79 Å². The summed E-state index contributed by atoms with van der Waals surface area (Å²) in [7, 11) is 0. The number of thiazole rings is 1. The zero-order valence-electron chi connectivity index (χ0n) is 17.8. The second-order valence-corrected chi connectivity index (χ2v) is 9.38. The summed E-state index contributed by atoms with van der Waals surface area (Å²) in [5, 5.41) is 15.0. The molecule has 1 saturated heterocycles. The lowest BCUT2D eigenvalue weighted by atomic mass is 9.93. The van der Waals surface area contributed by atoms with Crippen LogP contribution in [-0.4, -0.2) is 59.3 Å². The van der Waals surface area contributed by atoms with E-state index in [-0.39, 0.29) is 19.1 Å². The molecule has 1 amide bonds. The zero-order chi connectivity index (χ0) is 22.6. The average Bonchev–Trinajstić information content (AvgIpc) is 3.14. The van der Waals surface area contributed by atoms with Crippen molar-refractivity contribution in [2.24, 2.45) is 0 Å². The van der Waals surface area contributed by atoms with Crippen LogP contribution >= 0.6 is 22.9 Å². The summed E-state index contributed by atoms with van der Waals surface area (Å²) >= 11 is 7.40. The Kier molecular flexibility index (Phi) is 7.15. The van der Waals surface area contributed by atoms with Crippen molar-refractivity contribution < 1.29 is 19.4 Å². The topological polar surface area (TPSA) is 83.9 Å². The summed E-state index contributed by atoms with van der Waals surface area (Å²) in [5.41, 5.74) is -0.203. The van der Waals surface area contributed by atoms with Crippen LogP contribution in [0, 0.1) is 0 Å². The fourth-order valence-electron chi connectivity index (χ4n) is 3.81. The van der Waals surface area contributed by atoms with Crippen molar-refractivity contribution in [2.45, 2.75) is 25.4 Å².